The molecule has 0 spiro atoms. The van der Waals surface area contributed by atoms with Crippen LogP contribution in [0.5, 0.6) is 0 Å². The minimum Gasteiger partial charge on any atom is -0.354 e. The van der Waals surface area contributed by atoms with Crippen molar-refractivity contribution in [2.75, 3.05) is 6.54 Å². The number of rotatable bonds is 4. The Bertz CT molecular complexity index is 456. The normalized spacial score (nSPS) is 12.5. The van der Waals surface area contributed by atoms with Crippen LogP contribution >= 0.6 is 11.6 Å². The van der Waals surface area contributed by atoms with Crippen LogP contribution in [0.15, 0.2) is 17.2 Å². The maximum atomic E-state index is 11.8. The van der Waals surface area contributed by atoms with E-state index in [9.17, 15) is 9.59 Å². The number of nitrogens with zero attached hydrogens (tertiary/aromatic N) is 2. The molecule has 1 N–H and O–H groups in total. The molecule has 0 aliphatic heterocycles. The monoisotopic (exact) mass is 257 g/mol. The third-order valence-corrected chi connectivity index (χ3v) is 2.49. The van der Waals surface area contributed by atoms with Gasteiger partial charge in [0.1, 0.15) is 11.2 Å². The second-order valence-corrected chi connectivity index (χ2v) is 4.66. The van der Waals surface area contributed by atoms with Crippen LogP contribution in [-0.2, 0) is 4.79 Å². The molecule has 0 bridgehead atoms. The molecule has 6 heteroatoms. The summed E-state index contributed by atoms with van der Waals surface area (Å²) in [4.78, 5) is 27.1. The van der Waals surface area contributed by atoms with Crippen LogP contribution in [0.2, 0.25) is 5.15 Å². The molecule has 0 aromatic carbocycles. The van der Waals surface area contributed by atoms with Gasteiger partial charge in [-0.05, 0) is 12.8 Å². The molecule has 0 radical (unpaired) electrons. The van der Waals surface area contributed by atoms with Crippen LogP contribution in [0.3, 0.4) is 0 Å². The SMILES string of the molecule is CC(C)CNC(=O)C(C)n1cnc(Cl)cc1=O. The molecule has 0 fully saturated rings. The molecule has 94 valence electrons. The van der Waals surface area contributed by atoms with Crippen LogP contribution < -0.4 is 10.9 Å². The van der Waals surface area contributed by atoms with E-state index in [1.54, 1.807) is 6.92 Å². The number of hydrogen-bond donors (Lipinski definition) is 1. The van der Waals surface area contributed by atoms with Gasteiger partial charge < -0.3 is 5.32 Å². The lowest BCUT2D eigenvalue weighted by Gasteiger charge is -2.15. The van der Waals surface area contributed by atoms with E-state index in [0.29, 0.717) is 12.5 Å². The lowest BCUT2D eigenvalue weighted by Crippen LogP contribution is -2.37. The van der Waals surface area contributed by atoms with Crippen molar-refractivity contribution in [2.45, 2.75) is 26.8 Å². The number of halogens is 1. The summed E-state index contributed by atoms with van der Waals surface area (Å²) in [6.45, 7) is 6.23. The number of hydrogen-bond acceptors (Lipinski definition) is 3. The van der Waals surface area contributed by atoms with Gasteiger partial charge in [0.05, 0.1) is 6.33 Å². The van der Waals surface area contributed by atoms with Gasteiger partial charge in [-0.15, -0.1) is 0 Å². The number of carbonyl (C=O) groups is 1. The van der Waals surface area contributed by atoms with E-state index >= 15 is 0 Å². The number of nitrogens with one attached hydrogen (secondary N) is 1. The minimum atomic E-state index is -0.592. The molecule has 1 heterocycles. The van der Waals surface area contributed by atoms with Crippen molar-refractivity contribution in [1.29, 1.82) is 0 Å². The van der Waals surface area contributed by atoms with Crippen molar-refractivity contribution in [3.05, 3.63) is 27.9 Å². The average Bonchev–Trinajstić information content (AvgIpc) is 2.25. The maximum Gasteiger partial charge on any atom is 0.255 e. The summed E-state index contributed by atoms with van der Waals surface area (Å²) in [5.74, 6) is 0.163. The third kappa shape index (κ3) is 3.85. The van der Waals surface area contributed by atoms with E-state index in [1.807, 2.05) is 13.8 Å². The Labute approximate surface area is 105 Å². The summed E-state index contributed by atoms with van der Waals surface area (Å²) >= 11 is 5.58. The second-order valence-electron chi connectivity index (χ2n) is 4.27. The minimum absolute atomic E-state index is 0.126. The molecule has 1 amide bonds. The fourth-order valence-electron chi connectivity index (χ4n) is 1.26. The average molecular weight is 258 g/mol. The molecular formula is C11H16ClN3O2. The highest BCUT2D eigenvalue weighted by Gasteiger charge is 2.16. The highest BCUT2D eigenvalue weighted by molar-refractivity contribution is 6.29. The Kier molecular flexibility index (Phi) is 4.69. The number of aromatic nitrogens is 2. The van der Waals surface area contributed by atoms with Crippen molar-refractivity contribution >= 4 is 17.5 Å². The van der Waals surface area contributed by atoms with Gasteiger partial charge in [0.15, 0.2) is 0 Å². The summed E-state index contributed by atoms with van der Waals surface area (Å²) in [7, 11) is 0. The zero-order valence-electron chi connectivity index (χ0n) is 10.1. The fraction of sp³-hybridized carbons (Fsp3) is 0.545. The van der Waals surface area contributed by atoms with Gasteiger partial charge in [0, 0.05) is 12.6 Å². The predicted molar refractivity (Wildman–Crippen MR) is 66.1 cm³/mol. The van der Waals surface area contributed by atoms with Gasteiger partial charge in [0.25, 0.3) is 5.56 Å². The van der Waals surface area contributed by atoms with E-state index in [-0.39, 0.29) is 16.6 Å². The van der Waals surface area contributed by atoms with Crippen LogP contribution in [-0.4, -0.2) is 22.0 Å². The molecule has 0 aliphatic carbocycles. The van der Waals surface area contributed by atoms with E-state index in [4.69, 9.17) is 11.6 Å². The molecule has 0 aliphatic rings. The van der Waals surface area contributed by atoms with E-state index in [1.165, 1.54) is 17.0 Å². The van der Waals surface area contributed by atoms with Gasteiger partial charge >= 0.3 is 0 Å². The highest BCUT2D eigenvalue weighted by Crippen LogP contribution is 2.04. The molecule has 1 atom stereocenters. The molecule has 0 saturated carbocycles. The first-order valence-corrected chi connectivity index (χ1v) is 5.81. The lowest BCUT2D eigenvalue weighted by atomic mass is 10.2. The van der Waals surface area contributed by atoms with Gasteiger partial charge in [-0.25, -0.2) is 4.98 Å². The predicted octanol–water partition coefficient (Wildman–Crippen LogP) is 1.23. The van der Waals surface area contributed by atoms with Crippen LogP contribution in [0.4, 0.5) is 0 Å². The molecular weight excluding hydrogens is 242 g/mol. The van der Waals surface area contributed by atoms with Crippen molar-refractivity contribution < 1.29 is 4.79 Å². The largest absolute Gasteiger partial charge is 0.354 e. The van der Waals surface area contributed by atoms with Crippen LogP contribution in [0, 0.1) is 5.92 Å². The first-order valence-electron chi connectivity index (χ1n) is 5.43. The van der Waals surface area contributed by atoms with Gasteiger partial charge in [-0.3, -0.25) is 14.2 Å². The van der Waals surface area contributed by atoms with Crippen molar-refractivity contribution in [3.8, 4) is 0 Å². The van der Waals surface area contributed by atoms with Crippen molar-refractivity contribution in [2.24, 2.45) is 5.92 Å². The van der Waals surface area contributed by atoms with E-state index in [2.05, 4.69) is 10.3 Å². The van der Waals surface area contributed by atoms with Gasteiger partial charge in [0.2, 0.25) is 5.91 Å². The summed E-state index contributed by atoms with van der Waals surface area (Å²) in [5.41, 5.74) is -0.336. The third-order valence-electron chi connectivity index (χ3n) is 2.28. The first-order chi connectivity index (χ1) is 7.91. The molecule has 17 heavy (non-hydrogen) atoms. The van der Waals surface area contributed by atoms with E-state index < -0.39 is 6.04 Å². The Morgan fingerprint density at radius 3 is 2.71 bits per heavy atom. The zero-order valence-corrected chi connectivity index (χ0v) is 10.9. The maximum absolute atomic E-state index is 11.8. The van der Waals surface area contributed by atoms with Crippen LogP contribution in [0.25, 0.3) is 0 Å². The highest BCUT2D eigenvalue weighted by atomic mass is 35.5. The second kappa shape index (κ2) is 5.82. The summed E-state index contributed by atoms with van der Waals surface area (Å²) in [6.07, 6.45) is 1.28. The summed E-state index contributed by atoms with van der Waals surface area (Å²) in [5, 5.41) is 2.89. The van der Waals surface area contributed by atoms with Crippen molar-refractivity contribution in [1.82, 2.24) is 14.9 Å². The topological polar surface area (TPSA) is 64.0 Å². The summed E-state index contributed by atoms with van der Waals surface area (Å²) in [6, 6.07) is 0.597. The molecule has 1 rings (SSSR count). The van der Waals surface area contributed by atoms with Gasteiger partial charge in [-0.1, -0.05) is 25.4 Å². The Morgan fingerprint density at radius 2 is 2.18 bits per heavy atom. The number of carbonyl (C=O) groups excluding carboxylic acids is 1. The summed E-state index contributed by atoms with van der Waals surface area (Å²) < 4.78 is 1.25. The lowest BCUT2D eigenvalue weighted by molar-refractivity contribution is -0.124. The first kappa shape index (κ1) is 13.7. The Balaban J connectivity index is 2.78. The van der Waals surface area contributed by atoms with Crippen LogP contribution in [0.1, 0.15) is 26.8 Å². The molecule has 1 aromatic rings. The zero-order chi connectivity index (χ0) is 13.0. The fourth-order valence-corrected chi connectivity index (χ4v) is 1.39. The van der Waals surface area contributed by atoms with Gasteiger partial charge in [-0.2, -0.15) is 0 Å². The quantitative estimate of drug-likeness (QED) is 0.825. The molecule has 0 saturated heterocycles. The van der Waals surface area contributed by atoms with E-state index in [0.717, 1.165) is 0 Å². The standard InChI is InChI=1S/C11H16ClN3O2/c1-7(2)5-13-11(17)8(3)15-6-14-9(12)4-10(15)16/h4,6-8H,5H2,1-3H3,(H,13,17). The smallest absolute Gasteiger partial charge is 0.255 e. The molecule has 5 nitrogen and oxygen atoms in total. The molecule has 1 unspecified atom stereocenters. The Hall–Kier alpha value is -1.36. The molecule has 1 aromatic heterocycles. The number of amides is 1. The Morgan fingerprint density at radius 1 is 1.53 bits per heavy atom. The van der Waals surface area contributed by atoms with Crippen molar-refractivity contribution in [3.63, 3.8) is 0 Å².